The minimum Gasteiger partial charge on any atom is -0.465 e. The summed E-state index contributed by atoms with van der Waals surface area (Å²) in [7, 11) is 1.36. The molecule has 0 spiro atoms. The topological polar surface area (TPSA) is 43.6 Å². The second-order valence-electron chi connectivity index (χ2n) is 3.04. The quantitative estimate of drug-likeness (QED) is 0.697. The van der Waals surface area contributed by atoms with Crippen LogP contribution in [-0.4, -0.2) is 22.5 Å². The first-order chi connectivity index (χ1) is 7.24. The van der Waals surface area contributed by atoms with Gasteiger partial charge in [0.2, 0.25) is 0 Å². The fourth-order valence-electron chi connectivity index (χ4n) is 1.35. The van der Waals surface area contributed by atoms with Crippen molar-refractivity contribution in [1.29, 1.82) is 0 Å². The van der Waals surface area contributed by atoms with E-state index in [2.05, 4.69) is 16.3 Å². The van der Waals surface area contributed by atoms with Gasteiger partial charge in [0, 0.05) is 12.4 Å². The Morgan fingerprint density at radius 1 is 1.53 bits per heavy atom. The number of methoxy groups -OCH3 is 1. The molecule has 0 saturated heterocycles. The van der Waals surface area contributed by atoms with Crippen molar-refractivity contribution in [2.24, 2.45) is 0 Å². The third kappa shape index (κ3) is 1.61. The Hall–Kier alpha value is -2.10. The molecule has 0 fully saturated rings. The summed E-state index contributed by atoms with van der Waals surface area (Å²) in [6.45, 7) is 3.63. The molecule has 0 aliphatic rings. The Morgan fingerprint density at radius 2 is 2.33 bits per heavy atom. The molecule has 2 aromatic rings. The minimum absolute atomic E-state index is 0.356. The van der Waals surface area contributed by atoms with Gasteiger partial charge < -0.3 is 9.14 Å². The van der Waals surface area contributed by atoms with E-state index in [1.54, 1.807) is 35.0 Å². The maximum absolute atomic E-state index is 11.3. The van der Waals surface area contributed by atoms with Crippen molar-refractivity contribution in [1.82, 2.24) is 9.38 Å². The van der Waals surface area contributed by atoms with Crippen LogP contribution in [0.4, 0.5) is 0 Å². The molecule has 2 rings (SSSR count). The number of esters is 1. The molecule has 0 aliphatic heterocycles. The third-order valence-corrected chi connectivity index (χ3v) is 2.10. The molecular weight excluding hydrogens is 192 g/mol. The summed E-state index contributed by atoms with van der Waals surface area (Å²) in [5, 5.41) is 0. The molecule has 0 saturated carbocycles. The monoisotopic (exact) mass is 202 g/mol. The van der Waals surface area contributed by atoms with Crippen LogP contribution in [-0.2, 0) is 4.74 Å². The molecule has 2 heterocycles. The highest BCUT2D eigenvalue weighted by Gasteiger charge is 2.06. The van der Waals surface area contributed by atoms with E-state index in [9.17, 15) is 4.79 Å². The highest BCUT2D eigenvalue weighted by Crippen LogP contribution is 2.09. The van der Waals surface area contributed by atoms with Crippen LogP contribution in [0.5, 0.6) is 0 Å². The van der Waals surface area contributed by atoms with Gasteiger partial charge >= 0.3 is 5.97 Å². The molecule has 4 nitrogen and oxygen atoms in total. The van der Waals surface area contributed by atoms with E-state index < -0.39 is 0 Å². The molecule has 0 radical (unpaired) electrons. The molecule has 15 heavy (non-hydrogen) atoms. The van der Waals surface area contributed by atoms with Gasteiger partial charge in [0.25, 0.3) is 0 Å². The lowest BCUT2D eigenvalue weighted by Gasteiger charge is -1.99. The lowest BCUT2D eigenvalue weighted by molar-refractivity contribution is 0.0600. The summed E-state index contributed by atoms with van der Waals surface area (Å²) in [6.07, 6.45) is 5.14. The number of fused-ring (bicyclic) bond motifs is 1. The van der Waals surface area contributed by atoms with Gasteiger partial charge in [-0.25, -0.2) is 9.78 Å². The summed E-state index contributed by atoms with van der Waals surface area (Å²) in [5.41, 5.74) is 2.05. The van der Waals surface area contributed by atoms with Crippen molar-refractivity contribution in [2.75, 3.05) is 7.11 Å². The summed E-state index contributed by atoms with van der Waals surface area (Å²) >= 11 is 0. The lowest BCUT2D eigenvalue weighted by Crippen LogP contribution is -2.02. The predicted octanol–water partition coefficient (Wildman–Crippen LogP) is 1.76. The first kappa shape index (κ1) is 9.45. The number of rotatable bonds is 2. The highest BCUT2D eigenvalue weighted by atomic mass is 16.5. The Bertz CT molecular complexity index is 528. The largest absolute Gasteiger partial charge is 0.465 e. The molecule has 0 aromatic carbocycles. The van der Waals surface area contributed by atoms with E-state index in [0.29, 0.717) is 5.56 Å². The van der Waals surface area contributed by atoms with Crippen molar-refractivity contribution in [3.8, 4) is 0 Å². The smallest absolute Gasteiger partial charge is 0.339 e. The SMILES string of the molecule is C=Cc1cn2cc(C(=O)OC)ccc2n1. The van der Waals surface area contributed by atoms with Gasteiger partial charge in [0.1, 0.15) is 5.65 Å². The maximum Gasteiger partial charge on any atom is 0.339 e. The van der Waals surface area contributed by atoms with E-state index in [1.807, 2.05) is 0 Å². The number of hydrogen-bond acceptors (Lipinski definition) is 3. The average molecular weight is 202 g/mol. The molecule has 0 atom stereocenters. The number of ether oxygens (including phenoxy) is 1. The van der Waals surface area contributed by atoms with Gasteiger partial charge in [-0.3, -0.25) is 0 Å². The summed E-state index contributed by atoms with van der Waals surface area (Å²) in [6, 6.07) is 3.44. The fourth-order valence-corrected chi connectivity index (χ4v) is 1.35. The summed E-state index contributed by atoms with van der Waals surface area (Å²) in [5.74, 6) is -0.356. The van der Waals surface area contributed by atoms with Crippen molar-refractivity contribution >= 4 is 17.7 Å². The number of carbonyl (C=O) groups is 1. The first-order valence-electron chi connectivity index (χ1n) is 4.44. The van der Waals surface area contributed by atoms with Gasteiger partial charge in [-0.2, -0.15) is 0 Å². The van der Waals surface area contributed by atoms with Crippen LogP contribution < -0.4 is 0 Å². The van der Waals surface area contributed by atoms with E-state index in [-0.39, 0.29) is 5.97 Å². The Kier molecular flexibility index (Phi) is 2.25. The van der Waals surface area contributed by atoms with Gasteiger partial charge in [-0.05, 0) is 18.2 Å². The zero-order valence-electron chi connectivity index (χ0n) is 8.30. The zero-order chi connectivity index (χ0) is 10.8. The number of pyridine rings is 1. The van der Waals surface area contributed by atoms with Crippen LogP contribution in [0, 0.1) is 0 Å². The molecule has 0 N–H and O–H groups in total. The molecule has 0 bridgehead atoms. The van der Waals surface area contributed by atoms with Gasteiger partial charge in [-0.15, -0.1) is 0 Å². The van der Waals surface area contributed by atoms with Crippen molar-refractivity contribution < 1.29 is 9.53 Å². The number of imidazole rings is 1. The van der Waals surface area contributed by atoms with Gasteiger partial charge in [0.15, 0.2) is 0 Å². The van der Waals surface area contributed by atoms with E-state index in [4.69, 9.17) is 0 Å². The summed E-state index contributed by atoms with van der Waals surface area (Å²) < 4.78 is 6.39. The second kappa shape index (κ2) is 3.57. The normalized spacial score (nSPS) is 10.2. The zero-order valence-corrected chi connectivity index (χ0v) is 8.30. The van der Waals surface area contributed by atoms with Crippen LogP contribution in [0.2, 0.25) is 0 Å². The fraction of sp³-hybridized carbons (Fsp3) is 0.0909. The molecule has 76 valence electrons. The number of carbonyl (C=O) groups excluding carboxylic acids is 1. The Labute approximate surface area is 86.8 Å². The number of hydrogen-bond donors (Lipinski definition) is 0. The Balaban J connectivity index is 2.55. The average Bonchev–Trinajstić information content (AvgIpc) is 2.69. The van der Waals surface area contributed by atoms with Crippen molar-refractivity contribution in [3.05, 3.63) is 42.4 Å². The summed E-state index contributed by atoms with van der Waals surface area (Å²) in [4.78, 5) is 15.5. The molecule has 4 heteroatoms. The standard InChI is InChI=1S/C11H10N2O2/c1-3-9-7-13-6-8(11(14)15-2)4-5-10(13)12-9/h3-7H,1H2,2H3. The van der Waals surface area contributed by atoms with Crippen molar-refractivity contribution in [3.63, 3.8) is 0 Å². The lowest BCUT2D eigenvalue weighted by atomic mass is 10.3. The van der Waals surface area contributed by atoms with Crippen LogP contribution >= 0.6 is 0 Å². The predicted molar refractivity (Wildman–Crippen MR) is 56.6 cm³/mol. The third-order valence-electron chi connectivity index (χ3n) is 2.10. The molecule has 2 aromatic heterocycles. The molecular formula is C11H10N2O2. The van der Waals surface area contributed by atoms with E-state index in [0.717, 1.165) is 11.3 Å². The molecule has 0 aliphatic carbocycles. The van der Waals surface area contributed by atoms with Gasteiger partial charge in [0.05, 0.1) is 18.4 Å². The number of aromatic nitrogens is 2. The van der Waals surface area contributed by atoms with Crippen LogP contribution in [0.15, 0.2) is 31.1 Å². The number of nitrogens with zero attached hydrogens (tertiary/aromatic N) is 2. The van der Waals surface area contributed by atoms with Crippen LogP contribution in [0.1, 0.15) is 16.1 Å². The van der Waals surface area contributed by atoms with Crippen LogP contribution in [0.3, 0.4) is 0 Å². The Morgan fingerprint density at radius 3 is 3.00 bits per heavy atom. The molecule has 0 unspecified atom stereocenters. The van der Waals surface area contributed by atoms with E-state index >= 15 is 0 Å². The highest BCUT2D eigenvalue weighted by molar-refractivity contribution is 5.89. The van der Waals surface area contributed by atoms with Gasteiger partial charge in [-0.1, -0.05) is 6.58 Å². The molecule has 0 amide bonds. The minimum atomic E-state index is -0.356. The second-order valence-corrected chi connectivity index (χ2v) is 3.04. The van der Waals surface area contributed by atoms with Crippen molar-refractivity contribution in [2.45, 2.75) is 0 Å². The maximum atomic E-state index is 11.3. The van der Waals surface area contributed by atoms with Crippen LogP contribution in [0.25, 0.3) is 11.7 Å². The van der Waals surface area contributed by atoms with E-state index in [1.165, 1.54) is 7.11 Å². The first-order valence-corrected chi connectivity index (χ1v) is 4.44.